The molecule has 0 heterocycles. The molecule has 0 saturated carbocycles. The second kappa shape index (κ2) is 7.82. The number of nitrogens with zero attached hydrogens (tertiary/aromatic N) is 1. The number of amides is 1. The van der Waals surface area contributed by atoms with Crippen molar-refractivity contribution in [2.45, 2.75) is 11.1 Å². The van der Waals surface area contributed by atoms with Crippen molar-refractivity contribution in [1.82, 2.24) is 0 Å². The first kappa shape index (κ1) is 21.1. The standard InChI is InChI=1S/C18H13F3N2O4S/c1-28(26,27)15-5-3-2-4-13(15)16(24)14(10-22)17(25)23-12-8-6-11(7-9-12)18(19,20)21/h2-9,14H,1H3,(H,23,25). The fourth-order valence-corrected chi connectivity index (χ4v) is 3.24. The van der Waals surface area contributed by atoms with Crippen molar-refractivity contribution >= 4 is 27.2 Å². The van der Waals surface area contributed by atoms with Crippen LogP contribution in [-0.4, -0.2) is 26.4 Å². The van der Waals surface area contributed by atoms with Gasteiger partial charge in [-0.2, -0.15) is 18.4 Å². The first-order valence-electron chi connectivity index (χ1n) is 7.66. The molecule has 1 atom stereocenters. The molecule has 0 aromatic heterocycles. The summed E-state index contributed by atoms with van der Waals surface area (Å²) in [4.78, 5) is 24.5. The molecule has 0 saturated heterocycles. The van der Waals surface area contributed by atoms with Gasteiger partial charge in [0.05, 0.1) is 16.5 Å². The van der Waals surface area contributed by atoms with E-state index in [2.05, 4.69) is 5.32 Å². The smallest absolute Gasteiger partial charge is 0.325 e. The Morgan fingerprint density at radius 1 is 1.07 bits per heavy atom. The van der Waals surface area contributed by atoms with Crippen molar-refractivity contribution in [2.75, 3.05) is 11.6 Å². The fourth-order valence-electron chi connectivity index (χ4n) is 2.34. The van der Waals surface area contributed by atoms with Crippen molar-refractivity contribution in [1.29, 1.82) is 5.26 Å². The third kappa shape index (κ3) is 4.75. The van der Waals surface area contributed by atoms with Gasteiger partial charge in [-0.15, -0.1) is 0 Å². The lowest BCUT2D eigenvalue weighted by Gasteiger charge is -2.12. The Labute approximate surface area is 158 Å². The maximum Gasteiger partial charge on any atom is 0.416 e. The molecule has 10 heteroatoms. The summed E-state index contributed by atoms with van der Waals surface area (Å²) < 4.78 is 61.3. The van der Waals surface area contributed by atoms with Crippen molar-refractivity contribution < 1.29 is 31.2 Å². The maximum absolute atomic E-state index is 12.6. The van der Waals surface area contributed by atoms with Gasteiger partial charge >= 0.3 is 6.18 Å². The lowest BCUT2D eigenvalue weighted by Crippen LogP contribution is -2.29. The molecule has 28 heavy (non-hydrogen) atoms. The Balaban J connectivity index is 2.28. The number of sulfone groups is 1. The third-order valence-corrected chi connectivity index (χ3v) is 4.84. The Morgan fingerprint density at radius 2 is 1.64 bits per heavy atom. The average Bonchev–Trinajstić information content (AvgIpc) is 2.61. The highest BCUT2D eigenvalue weighted by atomic mass is 32.2. The Kier molecular flexibility index (Phi) is 5.89. The molecule has 0 aliphatic rings. The first-order valence-corrected chi connectivity index (χ1v) is 9.55. The highest BCUT2D eigenvalue weighted by Crippen LogP contribution is 2.30. The normalized spacial score (nSPS) is 12.7. The lowest BCUT2D eigenvalue weighted by atomic mass is 9.98. The number of anilines is 1. The van der Waals surface area contributed by atoms with Crippen LogP contribution in [0.5, 0.6) is 0 Å². The molecular formula is C18H13F3N2O4S. The minimum absolute atomic E-state index is 0.0533. The number of Topliss-reactive ketones (excluding diaryl/α,β-unsaturated/α-hetero) is 1. The SMILES string of the molecule is CS(=O)(=O)c1ccccc1C(=O)C(C#N)C(=O)Nc1ccc(C(F)(F)F)cc1. The number of alkyl halides is 3. The Hall–Kier alpha value is -3.19. The molecule has 6 nitrogen and oxygen atoms in total. The number of carbonyl (C=O) groups is 2. The zero-order valence-electron chi connectivity index (χ0n) is 14.3. The molecule has 1 amide bonds. The summed E-state index contributed by atoms with van der Waals surface area (Å²) in [7, 11) is -3.79. The number of hydrogen-bond donors (Lipinski definition) is 1. The molecule has 1 unspecified atom stereocenters. The largest absolute Gasteiger partial charge is 0.416 e. The van der Waals surface area contributed by atoms with Crippen molar-refractivity contribution in [3.05, 3.63) is 59.7 Å². The van der Waals surface area contributed by atoms with Gasteiger partial charge in [0.2, 0.25) is 5.91 Å². The van der Waals surface area contributed by atoms with E-state index in [4.69, 9.17) is 0 Å². The molecule has 0 spiro atoms. The van der Waals surface area contributed by atoms with Gasteiger partial charge in [0.25, 0.3) is 0 Å². The van der Waals surface area contributed by atoms with Gasteiger partial charge in [-0.05, 0) is 30.3 Å². The van der Waals surface area contributed by atoms with Gasteiger partial charge in [-0.1, -0.05) is 18.2 Å². The second-order valence-corrected chi connectivity index (χ2v) is 7.74. The monoisotopic (exact) mass is 410 g/mol. The van der Waals surface area contributed by atoms with Crippen LogP contribution < -0.4 is 5.32 Å². The van der Waals surface area contributed by atoms with E-state index in [0.717, 1.165) is 30.5 Å². The summed E-state index contributed by atoms with van der Waals surface area (Å²) in [5, 5.41) is 11.4. The summed E-state index contributed by atoms with van der Waals surface area (Å²) in [5.41, 5.74) is -1.30. The topological polar surface area (TPSA) is 104 Å². The van der Waals surface area contributed by atoms with Crippen LogP contribution in [0, 0.1) is 17.2 Å². The van der Waals surface area contributed by atoms with Crippen LogP contribution >= 0.6 is 0 Å². The minimum atomic E-state index is -4.55. The number of hydrogen-bond acceptors (Lipinski definition) is 5. The quantitative estimate of drug-likeness (QED) is 0.603. The molecule has 0 bridgehead atoms. The van der Waals surface area contributed by atoms with Crippen LogP contribution in [0.3, 0.4) is 0 Å². The highest BCUT2D eigenvalue weighted by Gasteiger charge is 2.32. The summed E-state index contributed by atoms with van der Waals surface area (Å²) >= 11 is 0. The van der Waals surface area contributed by atoms with E-state index in [1.54, 1.807) is 0 Å². The van der Waals surface area contributed by atoms with E-state index in [-0.39, 0.29) is 16.1 Å². The molecule has 0 aliphatic carbocycles. The zero-order valence-corrected chi connectivity index (χ0v) is 15.1. The van der Waals surface area contributed by atoms with Gasteiger partial charge in [-0.3, -0.25) is 9.59 Å². The minimum Gasteiger partial charge on any atom is -0.325 e. The van der Waals surface area contributed by atoms with Gasteiger partial charge in [0, 0.05) is 17.5 Å². The van der Waals surface area contributed by atoms with Crippen LogP contribution in [0.25, 0.3) is 0 Å². The lowest BCUT2D eigenvalue weighted by molar-refractivity contribution is -0.137. The summed E-state index contributed by atoms with van der Waals surface area (Å²) in [6.07, 6.45) is -3.67. The van der Waals surface area contributed by atoms with E-state index >= 15 is 0 Å². The van der Waals surface area contributed by atoms with E-state index in [9.17, 15) is 36.4 Å². The van der Waals surface area contributed by atoms with Crippen LogP contribution in [-0.2, 0) is 20.8 Å². The van der Waals surface area contributed by atoms with Gasteiger partial charge < -0.3 is 5.32 Å². The average molecular weight is 410 g/mol. The Bertz CT molecular complexity index is 1060. The molecular weight excluding hydrogens is 397 g/mol. The highest BCUT2D eigenvalue weighted by molar-refractivity contribution is 7.90. The maximum atomic E-state index is 12.6. The van der Waals surface area contributed by atoms with Crippen LogP contribution in [0.15, 0.2) is 53.4 Å². The molecule has 0 aliphatic heterocycles. The van der Waals surface area contributed by atoms with Gasteiger partial charge in [0.1, 0.15) is 0 Å². The zero-order chi connectivity index (χ0) is 21.1. The van der Waals surface area contributed by atoms with Crippen LogP contribution in [0.2, 0.25) is 0 Å². The number of nitrogens with one attached hydrogen (secondary N) is 1. The van der Waals surface area contributed by atoms with Gasteiger partial charge in [-0.25, -0.2) is 8.42 Å². The Morgan fingerprint density at radius 3 is 2.14 bits per heavy atom. The summed E-state index contributed by atoms with van der Waals surface area (Å²) in [6, 6.07) is 10.0. The first-order chi connectivity index (χ1) is 12.9. The van der Waals surface area contributed by atoms with E-state index in [1.165, 1.54) is 30.3 Å². The third-order valence-electron chi connectivity index (χ3n) is 3.69. The number of rotatable bonds is 5. The molecule has 2 aromatic rings. The fraction of sp³-hybridized carbons (Fsp3) is 0.167. The van der Waals surface area contributed by atoms with Crippen molar-refractivity contribution in [2.24, 2.45) is 5.92 Å². The number of ketones is 1. The van der Waals surface area contributed by atoms with Gasteiger partial charge in [0.15, 0.2) is 21.5 Å². The van der Waals surface area contributed by atoms with Crippen molar-refractivity contribution in [3.8, 4) is 6.07 Å². The molecule has 2 aromatic carbocycles. The summed E-state index contributed by atoms with van der Waals surface area (Å²) in [5.74, 6) is -4.01. The number of benzene rings is 2. The number of nitriles is 1. The molecule has 1 N–H and O–H groups in total. The summed E-state index contributed by atoms with van der Waals surface area (Å²) in [6.45, 7) is 0. The molecule has 0 fully saturated rings. The number of carbonyl (C=O) groups excluding carboxylic acids is 2. The second-order valence-electron chi connectivity index (χ2n) is 5.76. The van der Waals surface area contributed by atoms with Crippen LogP contribution in [0.4, 0.5) is 18.9 Å². The van der Waals surface area contributed by atoms with E-state index < -0.39 is 39.2 Å². The van der Waals surface area contributed by atoms with E-state index in [0.29, 0.717) is 0 Å². The predicted octanol–water partition coefficient (Wildman–Crippen LogP) is 3.07. The predicted molar refractivity (Wildman–Crippen MR) is 93.1 cm³/mol. The van der Waals surface area contributed by atoms with Crippen molar-refractivity contribution in [3.63, 3.8) is 0 Å². The molecule has 0 radical (unpaired) electrons. The van der Waals surface area contributed by atoms with Crippen LogP contribution in [0.1, 0.15) is 15.9 Å². The molecule has 2 rings (SSSR count). The van der Waals surface area contributed by atoms with E-state index in [1.807, 2.05) is 0 Å². The molecule has 146 valence electrons. The number of halogens is 3.